The number of hydrogen-bond donors (Lipinski definition) is 1. The standard InChI is InChI=1S/C18H17N3S/c1-13(22-9-10-22)18(19)16-12-21(14-5-4-8-20-11-14)17-7-3-2-6-15(16)17/h2-9,11-13,19H,10H2,1H3. The minimum Gasteiger partial charge on any atom is -0.314 e. The average molecular weight is 307 g/mol. The Labute approximate surface area is 132 Å². The van der Waals surface area contributed by atoms with E-state index < -0.39 is 0 Å². The lowest BCUT2D eigenvalue weighted by atomic mass is 10.1. The van der Waals surface area contributed by atoms with Gasteiger partial charge in [-0.1, -0.05) is 23.6 Å². The van der Waals surface area contributed by atoms with Crippen LogP contribution in [-0.2, 0) is 0 Å². The van der Waals surface area contributed by atoms with Crippen molar-refractivity contribution < 1.29 is 0 Å². The van der Waals surface area contributed by atoms with Crippen LogP contribution in [0.5, 0.6) is 0 Å². The first-order valence-electron chi connectivity index (χ1n) is 7.37. The normalized spacial score (nSPS) is 18.0. The molecule has 3 nitrogen and oxygen atoms in total. The monoisotopic (exact) mass is 307 g/mol. The van der Waals surface area contributed by atoms with Crippen LogP contribution in [-0.4, -0.2) is 31.6 Å². The number of nitrogens with one attached hydrogen (secondary N) is 1. The quantitative estimate of drug-likeness (QED) is 0.577. The van der Waals surface area contributed by atoms with Gasteiger partial charge < -0.3 is 9.98 Å². The highest BCUT2D eigenvalue weighted by atomic mass is 32.2. The van der Waals surface area contributed by atoms with Crippen molar-refractivity contribution in [2.45, 2.75) is 12.2 Å². The summed E-state index contributed by atoms with van der Waals surface area (Å²) >= 11 is 0. The van der Waals surface area contributed by atoms with Crippen LogP contribution in [0.1, 0.15) is 12.5 Å². The first-order chi connectivity index (χ1) is 10.8. The fourth-order valence-electron chi connectivity index (χ4n) is 2.80. The van der Waals surface area contributed by atoms with E-state index in [1.807, 2.05) is 30.5 Å². The van der Waals surface area contributed by atoms with E-state index in [1.165, 1.54) is 5.75 Å². The summed E-state index contributed by atoms with van der Waals surface area (Å²) in [7, 11) is 0.310. The van der Waals surface area contributed by atoms with Crippen molar-refractivity contribution in [1.82, 2.24) is 9.55 Å². The van der Waals surface area contributed by atoms with Crippen molar-refractivity contribution in [2.24, 2.45) is 0 Å². The second-order valence-electron chi connectivity index (χ2n) is 5.50. The zero-order valence-electron chi connectivity index (χ0n) is 12.4. The fourth-order valence-corrected chi connectivity index (χ4v) is 4.12. The van der Waals surface area contributed by atoms with Gasteiger partial charge in [0, 0.05) is 34.3 Å². The molecule has 3 aromatic rings. The van der Waals surface area contributed by atoms with E-state index in [0.29, 0.717) is 15.7 Å². The van der Waals surface area contributed by atoms with Gasteiger partial charge >= 0.3 is 0 Å². The van der Waals surface area contributed by atoms with Gasteiger partial charge in [-0.25, -0.2) is 0 Å². The summed E-state index contributed by atoms with van der Waals surface area (Å²) in [5.41, 5.74) is 3.95. The number of benzene rings is 1. The molecule has 1 aliphatic rings. The van der Waals surface area contributed by atoms with Crippen LogP contribution in [0, 0.1) is 5.41 Å². The van der Waals surface area contributed by atoms with Crippen molar-refractivity contribution in [1.29, 1.82) is 5.41 Å². The lowest BCUT2D eigenvalue weighted by Gasteiger charge is -2.09. The van der Waals surface area contributed by atoms with Crippen LogP contribution in [0.4, 0.5) is 0 Å². The van der Waals surface area contributed by atoms with E-state index in [-0.39, 0.29) is 0 Å². The molecule has 4 rings (SSSR count). The number of hydrogen-bond acceptors (Lipinski definition) is 2. The number of para-hydroxylation sites is 1. The summed E-state index contributed by atoms with van der Waals surface area (Å²) in [5, 5.41) is 12.4. The lowest BCUT2D eigenvalue weighted by molar-refractivity contribution is 1.09. The predicted molar refractivity (Wildman–Crippen MR) is 95.9 cm³/mol. The summed E-state index contributed by atoms with van der Waals surface area (Å²) in [5.74, 6) is 1.17. The molecule has 1 aromatic carbocycles. The number of rotatable bonds is 4. The summed E-state index contributed by atoms with van der Waals surface area (Å²) in [6, 6.07) is 12.3. The smallest absolute Gasteiger partial charge is 0.0639 e. The number of aromatic nitrogens is 2. The molecule has 0 spiro atoms. The van der Waals surface area contributed by atoms with E-state index >= 15 is 0 Å². The third kappa shape index (κ3) is 2.20. The molecule has 0 saturated carbocycles. The molecule has 0 radical (unpaired) electrons. The second-order valence-corrected chi connectivity index (χ2v) is 7.81. The predicted octanol–water partition coefficient (Wildman–Crippen LogP) is 3.87. The second kappa shape index (κ2) is 5.21. The van der Waals surface area contributed by atoms with Gasteiger partial charge in [-0.3, -0.25) is 4.98 Å². The maximum Gasteiger partial charge on any atom is 0.0639 e. The highest BCUT2D eigenvalue weighted by Gasteiger charge is 2.23. The molecule has 0 aliphatic carbocycles. The molecule has 0 saturated heterocycles. The van der Waals surface area contributed by atoms with Gasteiger partial charge in [-0.15, -0.1) is 0 Å². The van der Waals surface area contributed by atoms with Crippen LogP contribution in [0.3, 0.4) is 0 Å². The highest BCUT2D eigenvalue weighted by molar-refractivity contribution is 8.23. The summed E-state index contributed by atoms with van der Waals surface area (Å²) in [4.78, 5) is 4.22. The molecule has 1 N–H and O–H groups in total. The van der Waals surface area contributed by atoms with E-state index in [0.717, 1.165) is 27.9 Å². The van der Waals surface area contributed by atoms with Gasteiger partial charge in [-0.2, -0.15) is 10.5 Å². The van der Waals surface area contributed by atoms with E-state index in [4.69, 9.17) is 5.41 Å². The molecule has 22 heavy (non-hydrogen) atoms. The molecular formula is C18H17N3S. The van der Waals surface area contributed by atoms with Crippen LogP contribution in [0.15, 0.2) is 55.0 Å². The van der Waals surface area contributed by atoms with Gasteiger partial charge in [0.15, 0.2) is 0 Å². The Balaban J connectivity index is 1.89. The maximum atomic E-state index is 8.62. The minimum atomic E-state index is 0.310. The molecular weight excluding hydrogens is 290 g/mol. The third-order valence-electron chi connectivity index (χ3n) is 4.15. The SMILES string of the molecule is CC(C(=N)c1cn(-c2cccnc2)c2ccccc12)S1=CC1. The van der Waals surface area contributed by atoms with Crippen LogP contribution < -0.4 is 0 Å². The van der Waals surface area contributed by atoms with Crippen molar-refractivity contribution in [3.05, 3.63) is 60.6 Å². The Morgan fingerprint density at radius 2 is 2.09 bits per heavy atom. The molecule has 110 valence electrons. The molecule has 1 aliphatic heterocycles. The fraction of sp³-hybridized carbons (Fsp3) is 0.167. The van der Waals surface area contributed by atoms with Gasteiger partial charge in [-0.05, 0) is 25.1 Å². The lowest BCUT2D eigenvalue weighted by Crippen LogP contribution is -2.12. The van der Waals surface area contributed by atoms with E-state index in [9.17, 15) is 0 Å². The van der Waals surface area contributed by atoms with Crippen molar-refractivity contribution >= 4 is 32.5 Å². The largest absolute Gasteiger partial charge is 0.314 e. The third-order valence-corrected chi connectivity index (χ3v) is 6.01. The molecule has 2 aromatic heterocycles. The zero-order chi connectivity index (χ0) is 15.1. The Morgan fingerprint density at radius 3 is 2.82 bits per heavy atom. The van der Waals surface area contributed by atoms with E-state index in [2.05, 4.69) is 40.2 Å². The van der Waals surface area contributed by atoms with Crippen molar-refractivity contribution in [3.8, 4) is 5.69 Å². The average Bonchev–Trinajstić information content (AvgIpc) is 3.35. The summed E-state index contributed by atoms with van der Waals surface area (Å²) < 4.78 is 2.14. The van der Waals surface area contributed by atoms with Gasteiger partial charge in [0.05, 0.1) is 23.1 Å². The number of nitrogens with zero attached hydrogens (tertiary/aromatic N) is 2. The summed E-state index contributed by atoms with van der Waals surface area (Å²) in [6.45, 7) is 2.17. The zero-order valence-corrected chi connectivity index (χ0v) is 13.2. The van der Waals surface area contributed by atoms with E-state index in [1.54, 1.807) is 6.20 Å². The molecule has 2 atom stereocenters. The van der Waals surface area contributed by atoms with Crippen molar-refractivity contribution in [3.63, 3.8) is 0 Å². The number of pyridine rings is 1. The van der Waals surface area contributed by atoms with Crippen LogP contribution >= 0.6 is 10.5 Å². The van der Waals surface area contributed by atoms with Crippen molar-refractivity contribution in [2.75, 3.05) is 5.75 Å². The molecule has 0 fully saturated rings. The molecule has 0 amide bonds. The first kappa shape index (κ1) is 13.5. The first-order valence-corrected chi connectivity index (χ1v) is 8.89. The minimum absolute atomic E-state index is 0.310. The Kier molecular flexibility index (Phi) is 3.19. The van der Waals surface area contributed by atoms with Crippen LogP contribution in [0.25, 0.3) is 16.6 Å². The molecule has 0 bridgehead atoms. The molecule has 3 heterocycles. The maximum absolute atomic E-state index is 8.62. The molecule has 2 unspecified atom stereocenters. The molecule has 4 heteroatoms. The van der Waals surface area contributed by atoms with Gasteiger partial charge in [0.2, 0.25) is 0 Å². The van der Waals surface area contributed by atoms with Gasteiger partial charge in [0.1, 0.15) is 0 Å². The topological polar surface area (TPSA) is 41.7 Å². The Hall–Kier alpha value is -2.20. The van der Waals surface area contributed by atoms with Gasteiger partial charge in [0.25, 0.3) is 0 Å². The number of fused-ring (bicyclic) bond motifs is 1. The Bertz CT molecular complexity index is 893. The van der Waals surface area contributed by atoms with Crippen LogP contribution in [0.2, 0.25) is 0 Å². The Morgan fingerprint density at radius 1 is 1.27 bits per heavy atom. The summed E-state index contributed by atoms with van der Waals surface area (Å²) in [6.07, 6.45) is 5.73. The highest BCUT2D eigenvalue weighted by Crippen LogP contribution is 2.34.